The molecule has 0 saturated carbocycles. The maximum atomic E-state index is 12.0. The third-order valence-corrected chi connectivity index (χ3v) is 8.21. The van der Waals surface area contributed by atoms with Crippen molar-refractivity contribution in [2.75, 3.05) is 35.3 Å². The molecule has 2 N–H and O–H groups in total. The van der Waals surface area contributed by atoms with Gasteiger partial charge in [0.2, 0.25) is 5.91 Å². The van der Waals surface area contributed by atoms with E-state index in [1.807, 2.05) is 42.6 Å². The van der Waals surface area contributed by atoms with Gasteiger partial charge in [-0.15, -0.1) is 0 Å². The number of nitrogens with zero attached hydrogens (tertiary/aromatic N) is 4. The Kier molecular flexibility index (Phi) is 8.49. The fourth-order valence-electron chi connectivity index (χ4n) is 5.97. The molecular formula is C33H38N6O2S. The van der Waals surface area contributed by atoms with Gasteiger partial charge in [0.05, 0.1) is 30.6 Å². The number of carbonyl (C=O) groups excluding carboxylic acids is 1. The molecule has 2 aromatic heterocycles. The monoisotopic (exact) mass is 582 g/mol. The summed E-state index contributed by atoms with van der Waals surface area (Å²) in [5.74, 6) is 0.405. The number of methoxy groups -OCH3 is 1. The van der Waals surface area contributed by atoms with Crippen molar-refractivity contribution in [3.63, 3.8) is 0 Å². The molecule has 1 aliphatic rings. The average molecular weight is 583 g/mol. The number of aryl methyl sites for hydroxylation is 1. The van der Waals surface area contributed by atoms with E-state index in [0.29, 0.717) is 16.5 Å². The van der Waals surface area contributed by atoms with Gasteiger partial charge in [0.25, 0.3) is 0 Å². The van der Waals surface area contributed by atoms with Crippen molar-refractivity contribution >= 4 is 40.3 Å². The zero-order chi connectivity index (χ0) is 30.0. The normalized spacial score (nSPS) is 16.3. The van der Waals surface area contributed by atoms with Crippen LogP contribution < -0.4 is 25.2 Å². The predicted octanol–water partition coefficient (Wildman–Crippen LogP) is 6.48. The second-order valence-electron chi connectivity index (χ2n) is 10.4. The van der Waals surface area contributed by atoms with Gasteiger partial charge >= 0.3 is 0 Å². The van der Waals surface area contributed by atoms with Crippen LogP contribution in [-0.2, 0) is 4.79 Å². The molecule has 1 aliphatic heterocycles. The Morgan fingerprint density at radius 2 is 1.76 bits per heavy atom. The molecule has 0 aliphatic carbocycles. The van der Waals surface area contributed by atoms with Gasteiger partial charge in [0, 0.05) is 54.7 Å². The van der Waals surface area contributed by atoms with E-state index in [9.17, 15) is 4.79 Å². The van der Waals surface area contributed by atoms with Crippen molar-refractivity contribution in [1.82, 2.24) is 14.9 Å². The van der Waals surface area contributed by atoms with E-state index in [2.05, 4.69) is 83.0 Å². The number of ether oxygens (including phenoxy) is 1. The van der Waals surface area contributed by atoms with Crippen molar-refractivity contribution in [2.24, 2.45) is 0 Å². The second-order valence-corrected chi connectivity index (χ2v) is 10.8. The number of anilines is 3. The molecule has 1 fully saturated rings. The summed E-state index contributed by atoms with van der Waals surface area (Å²) in [7, 11) is 1.59. The van der Waals surface area contributed by atoms with Crippen LogP contribution in [0.25, 0.3) is 5.69 Å². The first-order valence-electron chi connectivity index (χ1n) is 14.3. The summed E-state index contributed by atoms with van der Waals surface area (Å²) in [5.41, 5.74) is 8.05. The van der Waals surface area contributed by atoms with Gasteiger partial charge in [-0.3, -0.25) is 9.78 Å². The highest BCUT2D eigenvalue weighted by atomic mass is 32.1. The molecule has 3 heterocycles. The number of thiocarbonyl (C=S) groups is 1. The van der Waals surface area contributed by atoms with E-state index in [1.54, 1.807) is 7.11 Å². The molecule has 5 rings (SSSR count). The van der Waals surface area contributed by atoms with Crippen LogP contribution >= 0.6 is 12.2 Å². The summed E-state index contributed by atoms with van der Waals surface area (Å²) in [6, 6.07) is 22.3. The standard InChI is InChI=1S/C33H38N6O2S/c1-7-37(8-2)24-12-14-25(15-13-24)38-21(3)19-27(22(38)4)32-31(28-11-9-10-18-34-28)36-33(42)39(32)26-16-17-30(41-6)29(20-26)35-23(5)40/h9-20,31-32H,7-8H2,1-6H3,(H,35,40)(H,36,42). The van der Waals surface area contributed by atoms with E-state index >= 15 is 0 Å². The van der Waals surface area contributed by atoms with Crippen molar-refractivity contribution in [1.29, 1.82) is 0 Å². The lowest BCUT2D eigenvalue weighted by Gasteiger charge is -2.29. The molecule has 9 heteroatoms. The summed E-state index contributed by atoms with van der Waals surface area (Å²) >= 11 is 5.96. The lowest BCUT2D eigenvalue weighted by Crippen LogP contribution is -2.29. The van der Waals surface area contributed by atoms with Crippen LogP contribution in [-0.4, -0.2) is 40.8 Å². The zero-order valence-electron chi connectivity index (χ0n) is 25.0. The van der Waals surface area contributed by atoms with E-state index in [1.165, 1.54) is 12.6 Å². The summed E-state index contributed by atoms with van der Waals surface area (Å²) in [6.07, 6.45) is 1.81. The van der Waals surface area contributed by atoms with Gasteiger partial charge in [0.15, 0.2) is 5.11 Å². The van der Waals surface area contributed by atoms with Crippen molar-refractivity contribution in [2.45, 2.75) is 46.7 Å². The largest absolute Gasteiger partial charge is 0.495 e. The Morgan fingerprint density at radius 3 is 2.38 bits per heavy atom. The minimum Gasteiger partial charge on any atom is -0.495 e. The van der Waals surface area contributed by atoms with Crippen LogP contribution in [0.4, 0.5) is 17.1 Å². The zero-order valence-corrected chi connectivity index (χ0v) is 25.8. The maximum absolute atomic E-state index is 12.0. The van der Waals surface area contributed by atoms with Gasteiger partial charge in [-0.05, 0) is 106 Å². The minimum atomic E-state index is -0.194. The topological polar surface area (TPSA) is 74.7 Å². The molecule has 0 spiro atoms. The Morgan fingerprint density at radius 1 is 1.05 bits per heavy atom. The minimum absolute atomic E-state index is 0.175. The van der Waals surface area contributed by atoms with E-state index in [4.69, 9.17) is 21.9 Å². The molecule has 42 heavy (non-hydrogen) atoms. The first kappa shape index (κ1) is 29.1. The fraction of sp³-hybridized carbons (Fsp3) is 0.303. The van der Waals surface area contributed by atoms with Gasteiger partial charge < -0.3 is 29.7 Å². The molecule has 1 amide bonds. The average Bonchev–Trinajstić information content (AvgIpc) is 3.48. The smallest absolute Gasteiger partial charge is 0.221 e. The quantitative estimate of drug-likeness (QED) is 0.219. The van der Waals surface area contributed by atoms with Crippen LogP contribution in [0.2, 0.25) is 0 Å². The highest BCUT2D eigenvalue weighted by molar-refractivity contribution is 7.80. The summed E-state index contributed by atoms with van der Waals surface area (Å²) in [6.45, 7) is 12.1. The highest BCUT2D eigenvalue weighted by Gasteiger charge is 2.42. The summed E-state index contributed by atoms with van der Waals surface area (Å²) < 4.78 is 7.82. The first-order valence-corrected chi connectivity index (χ1v) is 14.7. The number of pyridine rings is 1. The lowest BCUT2D eigenvalue weighted by molar-refractivity contribution is -0.114. The number of hydrogen-bond acceptors (Lipinski definition) is 5. The van der Waals surface area contributed by atoms with Crippen LogP contribution in [0.3, 0.4) is 0 Å². The molecule has 218 valence electrons. The molecule has 2 atom stereocenters. The Labute approximate surface area is 253 Å². The van der Waals surface area contributed by atoms with Crippen molar-refractivity contribution < 1.29 is 9.53 Å². The van der Waals surface area contributed by atoms with E-state index in [-0.39, 0.29) is 18.0 Å². The van der Waals surface area contributed by atoms with Crippen LogP contribution in [0.1, 0.15) is 55.5 Å². The Balaban J connectivity index is 1.63. The molecular weight excluding hydrogens is 544 g/mol. The Hall–Kier alpha value is -4.37. The SMILES string of the molecule is CCN(CC)c1ccc(-n2c(C)cc(C3C(c4ccccn4)NC(=S)N3c3ccc(OC)c(NC(C)=O)c3)c2C)cc1. The second kappa shape index (κ2) is 12.2. The van der Waals surface area contributed by atoms with Gasteiger partial charge in [-0.1, -0.05) is 6.07 Å². The highest BCUT2D eigenvalue weighted by Crippen LogP contribution is 2.45. The molecule has 0 bridgehead atoms. The number of hydrogen-bond donors (Lipinski definition) is 2. The lowest BCUT2D eigenvalue weighted by atomic mass is 9.96. The van der Waals surface area contributed by atoms with Crippen molar-refractivity contribution in [3.8, 4) is 11.4 Å². The van der Waals surface area contributed by atoms with E-state index < -0.39 is 0 Å². The maximum Gasteiger partial charge on any atom is 0.221 e. The molecule has 4 aromatic rings. The number of nitrogens with one attached hydrogen (secondary N) is 2. The molecule has 8 nitrogen and oxygen atoms in total. The first-order chi connectivity index (χ1) is 20.3. The summed E-state index contributed by atoms with van der Waals surface area (Å²) in [5, 5.41) is 7.03. The van der Waals surface area contributed by atoms with Gasteiger partial charge in [0.1, 0.15) is 5.75 Å². The molecule has 1 saturated heterocycles. The molecule has 2 aromatic carbocycles. The van der Waals surface area contributed by atoms with Crippen LogP contribution in [0.15, 0.2) is 72.9 Å². The number of benzene rings is 2. The predicted molar refractivity (Wildman–Crippen MR) is 174 cm³/mol. The number of amides is 1. The molecule has 0 radical (unpaired) electrons. The third kappa shape index (κ3) is 5.44. The van der Waals surface area contributed by atoms with Crippen molar-refractivity contribution in [3.05, 3.63) is 95.6 Å². The fourth-order valence-corrected chi connectivity index (χ4v) is 6.31. The number of carbonyl (C=O) groups is 1. The van der Waals surface area contributed by atoms with Crippen LogP contribution in [0.5, 0.6) is 5.75 Å². The Bertz CT molecular complexity index is 1580. The van der Waals surface area contributed by atoms with Gasteiger partial charge in [-0.2, -0.15) is 0 Å². The number of aromatic nitrogens is 2. The number of rotatable bonds is 9. The third-order valence-electron chi connectivity index (χ3n) is 7.90. The van der Waals surface area contributed by atoms with E-state index in [0.717, 1.165) is 47.1 Å². The van der Waals surface area contributed by atoms with Gasteiger partial charge in [-0.25, -0.2) is 0 Å². The summed E-state index contributed by atoms with van der Waals surface area (Å²) in [4.78, 5) is 21.1. The van der Waals surface area contributed by atoms with Crippen LogP contribution in [0, 0.1) is 13.8 Å². The molecule has 2 unspecified atom stereocenters.